The molecule has 1 aliphatic rings. The first-order valence-corrected chi connectivity index (χ1v) is 13.3. The first kappa shape index (κ1) is 26.1. The van der Waals surface area contributed by atoms with Crippen molar-refractivity contribution in [1.29, 1.82) is 0 Å². The molecule has 0 atom stereocenters. The molecule has 3 aromatic rings. The van der Waals surface area contributed by atoms with Crippen LogP contribution >= 0.6 is 0 Å². The number of rotatable bonds is 11. The van der Waals surface area contributed by atoms with Gasteiger partial charge in [0.2, 0.25) is 0 Å². The van der Waals surface area contributed by atoms with E-state index in [0.29, 0.717) is 32.0 Å². The smallest absolute Gasteiger partial charge is 0.151 e. The quantitative estimate of drug-likeness (QED) is 0.284. The number of alkyl halides is 1. The van der Waals surface area contributed by atoms with E-state index in [-0.39, 0.29) is 0 Å². The van der Waals surface area contributed by atoms with Crippen LogP contribution in [-0.2, 0) is 24.5 Å². The van der Waals surface area contributed by atoms with Crippen molar-refractivity contribution in [2.75, 3.05) is 25.4 Å². The number of aryl methyl sites for hydroxylation is 1. The van der Waals surface area contributed by atoms with Gasteiger partial charge < -0.3 is 19.9 Å². The van der Waals surface area contributed by atoms with Crippen LogP contribution in [0.1, 0.15) is 68.8 Å². The first-order chi connectivity index (χ1) is 17.6. The number of halogens is 1. The monoisotopic (exact) mass is 491 g/mol. The van der Waals surface area contributed by atoms with E-state index in [2.05, 4.69) is 28.6 Å². The average Bonchev–Trinajstić information content (AvgIpc) is 3.24. The van der Waals surface area contributed by atoms with Crippen LogP contribution in [0.3, 0.4) is 0 Å². The summed E-state index contributed by atoms with van der Waals surface area (Å²) in [5.74, 6) is 7.91. The van der Waals surface area contributed by atoms with Gasteiger partial charge in [-0.25, -0.2) is 14.4 Å². The van der Waals surface area contributed by atoms with Crippen LogP contribution < -0.4 is 5.73 Å². The predicted molar refractivity (Wildman–Crippen MR) is 143 cm³/mol. The van der Waals surface area contributed by atoms with Gasteiger partial charge >= 0.3 is 0 Å². The van der Waals surface area contributed by atoms with E-state index in [4.69, 9.17) is 15.5 Å². The first-order valence-electron chi connectivity index (χ1n) is 13.3. The SMILES string of the molecule is CCCCc1nc(N)c2c(n1)c(C#CCCCCN1CCC(F)CC1)cn2COCc1ccccc1. The molecule has 4 rings (SSSR count). The molecule has 2 N–H and O–H groups in total. The van der Waals surface area contributed by atoms with Gasteiger partial charge in [0, 0.05) is 32.1 Å². The molecule has 0 bridgehead atoms. The number of ether oxygens (including phenoxy) is 1. The van der Waals surface area contributed by atoms with Gasteiger partial charge in [0.05, 0.1) is 12.2 Å². The number of likely N-dealkylation sites (tertiary alicyclic amines) is 1. The Labute approximate surface area is 214 Å². The minimum Gasteiger partial charge on any atom is -0.382 e. The number of fused-ring (bicyclic) bond motifs is 1. The second-order valence-corrected chi connectivity index (χ2v) is 9.58. The molecule has 2 aromatic heterocycles. The summed E-state index contributed by atoms with van der Waals surface area (Å²) in [5.41, 5.74) is 9.97. The number of nitrogen functional groups attached to an aromatic ring is 1. The maximum absolute atomic E-state index is 13.3. The zero-order valence-corrected chi connectivity index (χ0v) is 21.4. The fraction of sp³-hybridized carbons (Fsp3) is 0.517. The summed E-state index contributed by atoms with van der Waals surface area (Å²) in [6.07, 6.45) is 8.55. The van der Waals surface area contributed by atoms with Gasteiger partial charge in [-0.2, -0.15) is 0 Å². The molecule has 0 aliphatic carbocycles. The molecule has 3 heterocycles. The summed E-state index contributed by atoms with van der Waals surface area (Å²) in [4.78, 5) is 11.8. The van der Waals surface area contributed by atoms with Crippen LogP contribution in [0.5, 0.6) is 0 Å². The van der Waals surface area contributed by atoms with Gasteiger partial charge in [0.1, 0.15) is 29.8 Å². The van der Waals surface area contributed by atoms with E-state index in [9.17, 15) is 4.39 Å². The van der Waals surface area contributed by atoms with Crippen LogP contribution in [0.4, 0.5) is 10.2 Å². The molecule has 0 unspecified atom stereocenters. The van der Waals surface area contributed by atoms with Gasteiger partial charge in [-0.3, -0.25) is 0 Å². The van der Waals surface area contributed by atoms with Gasteiger partial charge in [-0.1, -0.05) is 55.5 Å². The zero-order valence-electron chi connectivity index (χ0n) is 21.4. The molecular weight excluding hydrogens is 453 g/mol. The fourth-order valence-electron chi connectivity index (χ4n) is 4.58. The van der Waals surface area contributed by atoms with Crippen molar-refractivity contribution in [3.63, 3.8) is 0 Å². The highest BCUT2D eigenvalue weighted by Crippen LogP contribution is 2.24. The van der Waals surface area contributed by atoms with E-state index in [1.807, 2.05) is 41.1 Å². The summed E-state index contributed by atoms with van der Waals surface area (Å²) in [6.45, 7) is 5.80. The maximum Gasteiger partial charge on any atom is 0.151 e. The van der Waals surface area contributed by atoms with Crippen molar-refractivity contribution in [2.45, 2.75) is 77.8 Å². The predicted octanol–water partition coefficient (Wildman–Crippen LogP) is 5.49. The Bertz CT molecular complexity index is 1160. The molecule has 7 heteroatoms. The Kier molecular flexibility index (Phi) is 9.71. The summed E-state index contributed by atoms with van der Waals surface area (Å²) in [6, 6.07) is 10.1. The molecule has 0 saturated carbocycles. The van der Waals surface area contributed by atoms with Gasteiger partial charge in [-0.15, -0.1) is 0 Å². The van der Waals surface area contributed by atoms with Crippen molar-refractivity contribution in [3.05, 3.63) is 53.5 Å². The summed E-state index contributed by atoms with van der Waals surface area (Å²) >= 11 is 0. The summed E-state index contributed by atoms with van der Waals surface area (Å²) < 4.78 is 21.2. The number of nitrogens with two attached hydrogens (primary N) is 1. The van der Waals surface area contributed by atoms with E-state index < -0.39 is 6.17 Å². The molecular formula is C29H38FN5O. The number of unbranched alkanes of at least 4 members (excludes halogenated alkanes) is 3. The van der Waals surface area contributed by atoms with Crippen LogP contribution in [0.25, 0.3) is 11.0 Å². The van der Waals surface area contributed by atoms with Gasteiger partial charge in [0.25, 0.3) is 0 Å². The lowest BCUT2D eigenvalue weighted by molar-refractivity contribution is 0.0668. The third-order valence-corrected chi connectivity index (χ3v) is 6.65. The van der Waals surface area contributed by atoms with Crippen molar-refractivity contribution in [1.82, 2.24) is 19.4 Å². The third-order valence-electron chi connectivity index (χ3n) is 6.65. The topological polar surface area (TPSA) is 69.2 Å². The van der Waals surface area contributed by atoms with Crippen LogP contribution in [0.15, 0.2) is 36.5 Å². The van der Waals surface area contributed by atoms with Crippen molar-refractivity contribution >= 4 is 16.9 Å². The molecule has 36 heavy (non-hydrogen) atoms. The van der Waals surface area contributed by atoms with Crippen molar-refractivity contribution in [3.8, 4) is 11.8 Å². The lowest BCUT2D eigenvalue weighted by Crippen LogP contribution is -2.34. The normalized spacial score (nSPS) is 14.7. The highest BCUT2D eigenvalue weighted by molar-refractivity contribution is 5.90. The summed E-state index contributed by atoms with van der Waals surface area (Å²) in [5, 5.41) is 0. The Hall–Kier alpha value is -2.95. The van der Waals surface area contributed by atoms with E-state index in [0.717, 1.165) is 86.1 Å². The maximum atomic E-state index is 13.3. The second-order valence-electron chi connectivity index (χ2n) is 9.58. The molecule has 0 amide bonds. The van der Waals surface area contributed by atoms with Crippen molar-refractivity contribution in [2.24, 2.45) is 0 Å². The number of benzene rings is 1. The zero-order chi connectivity index (χ0) is 25.2. The van der Waals surface area contributed by atoms with Crippen molar-refractivity contribution < 1.29 is 9.13 Å². The Morgan fingerprint density at radius 1 is 1.11 bits per heavy atom. The van der Waals surface area contributed by atoms with Crippen LogP contribution in [-0.4, -0.2) is 45.2 Å². The molecule has 1 saturated heterocycles. The molecule has 1 aromatic carbocycles. The van der Waals surface area contributed by atoms with E-state index >= 15 is 0 Å². The Balaban J connectivity index is 1.42. The van der Waals surface area contributed by atoms with Crippen LogP contribution in [0.2, 0.25) is 0 Å². The Morgan fingerprint density at radius 3 is 2.69 bits per heavy atom. The lowest BCUT2D eigenvalue weighted by atomic mass is 10.1. The lowest BCUT2D eigenvalue weighted by Gasteiger charge is -2.28. The molecule has 1 fully saturated rings. The van der Waals surface area contributed by atoms with E-state index in [1.54, 1.807) is 0 Å². The molecule has 192 valence electrons. The molecule has 1 aliphatic heterocycles. The number of aromatic nitrogens is 3. The largest absolute Gasteiger partial charge is 0.382 e. The van der Waals surface area contributed by atoms with Gasteiger partial charge in [0.15, 0.2) is 5.82 Å². The van der Waals surface area contributed by atoms with Gasteiger partial charge in [-0.05, 0) is 44.2 Å². The number of hydrogen-bond donors (Lipinski definition) is 1. The minimum atomic E-state index is -0.613. The highest BCUT2D eigenvalue weighted by Gasteiger charge is 2.17. The molecule has 6 nitrogen and oxygen atoms in total. The number of anilines is 1. The van der Waals surface area contributed by atoms with Crippen LogP contribution in [0, 0.1) is 11.8 Å². The average molecular weight is 492 g/mol. The third kappa shape index (κ3) is 7.28. The molecule has 0 radical (unpaired) electrons. The van der Waals surface area contributed by atoms with E-state index in [1.165, 1.54) is 0 Å². The minimum absolute atomic E-state index is 0.352. The number of hydrogen-bond acceptors (Lipinski definition) is 5. The second kappa shape index (κ2) is 13.4. The highest BCUT2D eigenvalue weighted by atomic mass is 19.1. The summed E-state index contributed by atoms with van der Waals surface area (Å²) in [7, 11) is 0. The fourth-order valence-corrected chi connectivity index (χ4v) is 4.58. The Morgan fingerprint density at radius 2 is 1.92 bits per heavy atom. The standard InChI is InChI=1S/C29H38FN5O/c1-2-3-14-26-32-27-24(13-9-4-5-10-17-34-18-15-25(30)16-19-34)20-35(28(27)29(31)33-26)22-36-21-23-11-7-6-8-12-23/h6-8,11-12,20,25H,2-5,10,14-19,21-22H2,1H3,(H2,31,32,33). The molecule has 0 spiro atoms. The number of piperidine rings is 1. The number of nitrogens with zero attached hydrogens (tertiary/aromatic N) is 4.